The maximum atomic E-state index is 13.0. The molecule has 1 aromatic carbocycles. The van der Waals surface area contributed by atoms with E-state index in [-0.39, 0.29) is 5.63 Å². The highest BCUT2D eigenvalue weighted by molar-refractivity contribution is 5.85. The number of hydrogen-bond donors (Lipinski definition) is 0. The minimum absolute atomic E-state index is 0.263. The highest BCUT2D eigenvalue weighted by atomic mass is 16.4. The number of furan rings is 1. The molecule has 0 bridgehead atoms. The molecular weight excluding hydrogens is 314 g/mol. The number of fused-ring (bicyclic) bond motifs is 3. The Hall–Kier alpha value is -2.75. The first kappa shape index (κ1) is 14.6. The van der Waals surface area contributed by atoms with Gasteiger partial charge >= 0.3 is 5.63 Å². The number of rotatable bonds is 2. The molecule has 0 saturated carbocycles. The van der Waals surface area contributed by atoms with Crippen molar-refractivity contribution in [2.24, 2.45) is 0 Å². The molecule has 2 aliphatic rings. The van der Waals surface area contributed by atoms with Crippen LogP contribution < -0.4 is 10.5 Å². The van der Waals surface area contributed by atoms with E-state index in [1.54, 1.807) is 6.26 Å². The Kier molecular flexibility index (Phi) is 3.30. The summed E-state index contributed by atoms with van der Waals surface area (Å²) >= 11 is 0. The summed E-state index contributed by atoms with van der Waals surface area (Å²) in [6.45, 7) is 1.99. The zero-order valence-corrected chi connectivity index (χ0v) is 14.0. The van der Waals surface area contributed by atoms with E-state index in [4.69, 9.17) is 8.83 Å². The molecule has 1 aliphatic heterocycles. The molecule has 0 unspecified atom stereocenters. The Morgan fingerprint density at radius 2 is 1.76 bits per heavy atom. The van der Waals surface area contributed by atoms with E-state index in [1.165, 1.54) is 12.8 Å². The molecule has 0 atom stereocenters. The van der Waals surface area contributed by atoms with Crippen LogP contribution >= 0.6 is 0 Å². The summed E-state index contributed by atoms with van der Waals surface area (Å²) in [7, 11) is 0. The maximum Gasteiger partial charge on any atom is 0.346 e. The quantitative estimate of drug-likeness (QED) is 0.703. The van der Waals surface area contributed by atoms with E-state index in [1.807, 2.05) is 36.4 Å². The molecule has 0 spiro atoms. The Bertz CT molecular complexity index is 978. The molecule has 2 aromatic heterocycles. The SMILES string of the molecule is O=c1oc2c(c(N3CCCC3)c1-c1ccccc1)CCc1occc1-2. The summed E-state index contributed by atoms with van der Waals surface area (Å²) in [5.74, 6) is 1.61. The summed E-state index contributed by atoms with van der Waals surface area (Å²) in [5.41, 5.74) is 4.52. The van der Waals surface area contributed by atoms with Gasteiger partial charge in [-0.25, -0.2) is 4.79 Å². The third-order valence-electron chi connectivity index (χ3n) is 5.27. The predicted molar refractivity (Wildman–Crippen MR) is 97.0 cm³/mol. The Labute approximate surface area is 145 Å². The van der Waals surface area contributed by atoms with Gasteiger partial charge in [-0.15, -0.1) is 0 Å². The Morgan fingerprint density at radius 1 is 0.960 bits per heavy atom. The highest BCUT2D eigenvalue weighted by Crippen LogP contribution is 2.43. The van der Waals surface area contributed by atoms with Crippen molar-refractivity contribution < 1.29 is 8.83 Å². The van der Waals surface area contributed by atoms with Crippen LogP contribution in [-0.2, 0) is 12.8 Å². The molecule has 4 nitrogen and oxygen atoms in total. The minimum atomic E-state index is -0.263. The van der Waals surface area contributed by atoms with Gasteiger partial charge in [0.2, 0.25) is 0 Å². The third kappa shape index (κ3) is 2.24. The second-order valence-corrected chi connectivity index (χ2v) is 6.74. The lowest BCUT2D eigenvalue weighted by Gasteiger charge is -2.27. The van der Waals surface area contributed by atoms with Crippen molar-refractivity contribution >= 4 is 5.69 Å². The monoisotopic (exact) mass is 333 g/mol. The van der Waals surface area contributed by atoms with Crippen molar-refractivity contribution in [2.45, 2.75) is 25.7 Å². The fraction of sp³-hybridized carbons (Fsp3) is 0.286. The normalized spacial score (nSPS) is 15.9. The van der Waals surface area contributed by atoms with E-state index < -0.39 is 0 Å². The van der Waals surface area contributed by atoms with Crippen molar-refractivity contribution in [3.8, 4) is 22.5 Å². The molecule has 5 rings (SSSR count). The lowest BCUT2D eigenvalue weighted by atomic mass is 9.91. The maximum absolute atomic E-state index is 13.0. The van der Waals surface area contributed by atoms with E-state index in [2.05, 4.69) is 4.90 Å². The van der Waals surface area contributed by atoms with Crippen LogP contribution in [0.5, 0.6) is 0 Å². The molecule has 25 heavy (non-hydrogen) atoms. The van der Waals surface area contributed by atoms with Crippen molar-refractivity contribution in [1.29, 1.82) is 0 Å². The van der Waals surface area contributed by atoms with Gasteiger partial charge in [0, 0.05) is 25.1 Å². The molecule has 1 fully saturated rings. The Balaban J connectivity index is 1.82. The minimum Gasteiger partial charge on any atom is -0.469 e. The second kappa shape index (κ2) is 5.66. The summed E-state index contributed by atoms with van der Waals surface area (Å²) in [4.78, 5) is 15.3. The van der Waals surface area contributed by atoms with Gasteiger partial charge in [-0.3, -0.25) is 0 Å². The van der Waals surface area contributed by atoms with E-state index in [0.29, 0.717) is 11.3 Å². The van der Waals surface area contributed by atoms with Crippen LogP contribution in [0.25, 0.3) is 22.5 Å². The Morgan fingerprint density at radius 3 is 2.56 bits per heavy atom. The van der Waals surface area contributed by atoms with Crippen molar-refractivity contribution in [3.63, 3.8) is 0 Å². The molecule has 0 radical (unpaired) electrons. The average molecular weight is 333 g/mol. The zero-order valence-electron chi connectivity index (χ0n) is 14.0. The van der Waals surface area contributed by atoms with E-state index >= 15 is 0 Å². The summed E-state index contributed by atoms with van der Waals surface area (Å²) in [5, 5.41) is 0. The highest BCUT2D eigenvalue weighted by Gasteiger charge is 2.31. The van der Waals surface area contributed by atoms with Gasteiger partial charge in [0.15, 0.2) is 0 Å². The smallest absolute Gasteiger partial charge is 0.346 e. The van der Waals surface area contributed by atoms with Crippen LogP contribution in [-0.4, -0.2) is 13.1 Å². The molecule has 3 heterocycles. The largest absolute Gasteiger partial charge is 0.469 e. The van der Waals surface area contributed by atoms with Gasteiger partial charge in [-0.2, -0.15) is 0 Å². The van der Waals surface area contributed by atoms with Gasteiger partial charge in [0.1, 0.15) is 11.5 Å². The molecule has 1 aliphatic carbocycles. The van der Waals surface area contributed by atoms with Crippen molar-refractivity contribution in [3.05, 3.63) is 64.4 Å². The third-order valence-corrected chi connectivity index (χ3v) is 5.27. The molecule has 3 aromatic rings. The van der Waals surface area contributed by atoms with E-state index in [9.17, 15) is 4.79 Å². The topological polar surface area (TPSA) is 46.6 Å². The number of nitrogens with zero attached hydrogens (tertiary/aromatic N) is 1. The molecular formula is C21H19NO3. The van der Waals surface area contributed by atoms with Gasteiger partial charge < -0.3 is 13.7 Å². The summed E-state index contributed by atoms with van der Waals surface area (Å²) < 4.78 is 11.4. The fourth-order valence-electron chi connectivity index (χ4n) is 4.13. The summed E-state index contributed by atoms with van der Waals surface area (Å²) in [6.07, 6.45) is 5.70. The van der Waals surface area contributed by atoms with Gasteiger partial charge in [-0.05, 0) is 30.9 Å². The van der Waals surface area contributed by atoms with Crippen LogP contribution in [0.3, 0.4) is 0 Å². The lowest BCUT2D eigenvalue weighted by molar-refractivity contribution is 0.484. The number of anilines is 1. The second-order valence-electron chi connectivity index (χ2n) is 6.74. The van der Waals surface area contributed by atoms with Gasteiger partial charge in [0.25, 0.3) is 0 Å². The number of hydrogen-bond acceptors (Lipinski definition) is 4. The summed E-state index contributed by atoms with van der Waals surface area (Å²) in [6, 6.07) is 11.8. The van der Waals surface area contributed by atoms with Crippen LogP contribution in [0.4, 0.5) is 5.69 Å². The lowest BCUT2D eigenvalue weighted by Crippen LogP contribution is -2.25. The molecule has 0 amide bonds. The standard InChI is InChI=1S/C21H19NO3/c23-21-18(14-6-2-1-3-7-14)19(22-11-4-5-12-22)16-8-9-17-15(10-13-24-17)20(16)25-21/h1-3,6-7,10,13H,4-5,8-9,11-12H2. The average Bonchev–Trinajstić information content (AvgIpc) is 3.33. The first-order chi connectivity index (χ1) is 12.3. The zero-order chi connectivity index (χ0) is 16.8. The first-order valence-corrected chi connectivity index (χ1v) is 8.90. The van der Waals surface area contributed by atoms with E-state index in [0.717, 1.165) is 54.1 Å². The van der Waals surface area contributed by atoms with Gasteiger partial charge in [-0.1, -0.05) is 30.3 Å². The molecule has 1 saturated heterocycles. The molecule has 0 N–H and O–H groups in total. The number of benzene rings is 1. The van der Waals surface area contributed by atoms with Crippen LogP contribution in [0.1, 0.15) is 24.2 Å². The van der Waals surface area contributed by atoms with Crippen LogP contribution in [0.2, 0.25) is 0 Å². The fourth-order valence-corrected chi connectivity index (χ4v) is 4.13. The van der Waals surface area contributed by atoms with Crippen molar-refractivity contribution in [2.75, 3.05) is 18.0 Å². The first-order valence-electron chi connectivity index (χ1n) is 8.90. The van der Waals surface area contributed by atoms with Crippen molar-refractivity contribution in [1.82, 2.24) is 0 Å². The predicted octanol–water partition coefficient (Wildman–Crippen LogP) is 4.27. The molecule has 126 valence electrons. The van der Waals surface area contributed by atoms with Gasteiger partial charge in [0.05, 0.1) is 23.1 Å². The number of aryl methyl sites for hydroxylation is 1. The van der Waals surface area contributed by atoms with Crippen LogP contribution in [0.15, 0.2) is 56.3 Å². The van der Waals surface area contributed by atoms with Crippen LogP contribution in [0, 0.1) is 0 Å². The molecule has 4 heteroatoms.